The Bertz CT molecular complexity index is 952. The van der Waals surface area contributed by atoms with Gasteiger partial charge >= 0.3 is 0 Å². The summed E-state index contributed by atoms with van der Waals surface area (Å²) >= 11 is 1.48. The molecule has 130 valence electrons. The number of hydrogen-bond donors (Lipinski definition) is 3. The van der Waals surface area contributed by atoms with Gasteiger partial charge in [0.05, 0.1) is 17.1 Å². The number of anilines is 1. The minimum absolute atomic E-state index is 0.0441. The van der Waals surface area contributed by atoms with Crippen molar-refractivity contribution < 1.29 is 9.59 Å². The fraction of sp³-hybridized carbons (Fsp3) is 0.105. The largest absolute Gasteiger partial charge is 0.348 e. The van der Waals surface area contributed by atoms with Gasteiger partial charge in [-0.05, 0) is 35.4 Å². The summed E-state index contributed by atoms with van der Waals surface area (Å²) in [4.78, 5) is 24.9. The molecule has 0 unspecified atom stereocenters. The summed E-state index contributed by atoms with van der Waals surface area (Å²) in [6, 6.07) is 15.2. The molecule has 0 aliphatic carbocycles. The summed E-state index contributed by atoms with van der Waals surface area (Å²) < 4.78 is 0. The summed E-state index contributed by atoms with van der Waals surface area (Å²) in [5.41, 5.74) is 4.22. The second-order valence-electron chi connectivity index (χ2n) is 5.90. The molecule has 0 bridgehead atoms. The lowest BCUT2D eigenvalue weighted by atomic mass is 10.1. The quantitative estimate of drug-likeness (QED) is 0.664. The molecule has 2 amide bonds. The highest BCUT2D eigenvalue weighted by Gasteiger charge is 2.17. The molecule has 2 heterocycles. The predicted molar refractivity (Wildman–Crippen MR) is 101 cm³/mol. The smallest absolute Gasteiger partial charge is 0.251 e. The number of nitrogens with one attached hydrogen (secondary N) is 3. The van der Waals surface area contributed by atoms with Gasteiger partial charge in [0.2, 0.25) is 5.91 Å². The first-order valence-electron chi connectivity index (χ1n) is 8.12. The zero-order chi connectivity index (χ0) is 17.9. The number of carbonyl (C=O) groups is 2. The highest BCUT2D eigenvalue weighted by atomic mass is 32.2. The van der Waals surface area contributed by atoms with E-state index in [-0.39, 0.29) is 11.8 Å². The predicted octanol–water partition coefficient (Wildman–Crippen LogP) is 3.05. The maximum absolute atomic E-state index is 12.4. The summed E-state index contributed by atoms with van der Waals surface area (Å²) in [5.74, 6) is 0.195. The molecular weight excluding hydrogens is 348 g/mol. The number of thioether (sulfide) groups is 1. The van der Waals surface area contributed by atoms with E-state index in [4.69, 9.17) is 0 Å². The van der Waals surface area contributed by atoms with Crippen LogP contribution >= 0.6 is 11.8 Å². The molecule has 7 heteroatoms. The number of carbonyl (C=O) groups excluding carboxylic acids is 2. The Hall–Kier alpha value is -3.06. The van der Waals surface area contributed by atoms with Crippen molar-refractivity contribution in [1.29, 1.82) is 0 Å². The summed E-state index contributed by atoms with van der Waals surface area (Å²) in [5, 5.41) is 12.6. The number of aromatic nitrogens is 2. The minimum Gasteiger partial charge on any atom is -0.348 e. The molecule has 1 aromatic heterocycles. The van der Waals surface area contributed by atoms with Crippen molar-refractivity contribution in [3.05, 3.63) is 65.9 Å². The molecule has 0 saturated heterocycles. The highest BCUT2D eigenvalue weighted by Crippen LogP contribution is 2.31. The van der Waals surface area contributed by atoms with E-state index in [1.165, 1.54) is 11.8 Å². The van der Waals surface area contributed by atoms with Crippen LogP contribution < -0.4 is 10.6 Å². The Balaban J connectivity index is 1.41. The molecule has 26 heavy (non-hydrogen) atoms. The molecule has 2 aromatic carbocycles. The normalized spacial score (nSPS) is 13.0. The number of nitrogens with zero attached hydrogens (tertiary/aromatic N) is 1. The van der Waals surface area contributed by atoms with Gasteiger partial charge in [-0.2, -0.15) is 5.10 Å². The molecule has 0 fully saturated rings. The standard InChI is InChI=1S/C19H16N4O2S/c24-18-11-26-17-6-5-14(9-16(17)22-18)19(25)20-10-12-1-3-13(4-2-12)15-7-8-21-23-15/h1-9H,10-11H2,(H,20,25)(H,21,23)(H,22,24). The Morgan fingerprint density at radius 3 is 2.77 bits per heavy atom. The van der Waals surface area contributed by atoms with Crippen LogP contribution in [0.25, 0.3) is 11.3 Å². The van der Waals surface area contributed by atoms with Crippen LogP contribution in [0.1, 0.15) is 15.9 Å². The number of fused-ring (bicyclic) bond motifs is 1. The van der Waals surface area contributed by atoms with Crippen molar-refractivity contribution in [3.63, 3.8) is 0 Å². The summed E-state index contributed by atoms with van der Waals surface area (Å²) in [6.07, 6.45) is 1.71. The van der Waals surface area contributed by atoms with Crippen molar-refractivity contribution >= 4 is 29.3 Å². The van der Waals surface area contributed by atoms with Crippen molar-refractivity contribution in [3.8, 4) is 11.3 Å². The fourth-order valence-electron chi connectivity index (χ4n) is 2.73. The third kappa shape index (κ3) is 3.48. The molecule has 0 saturated carbocycles. The lowest BCUT2D eigenvalue weighted by Crippen LogP contribution is -2.24. The lowest BCUT2D eigenvalue weighted by Gasteiger charge is -2.17. The van der Waals surface area contributed by atoms with Crippen LogP contribution in [0.2, 0.25) is 0 Å². The maximum Gasteiger partial charge on any atom is 0.251 e. The number of amides is 2. The second kappa shape index (κ2) is 7.05. The zero-order valence-corrected chi connectivity index (χ0v) is 14.6. The number of aromatic amines is 1. The fourth-order valence-corrected chi connectivity index (χ4v) is 3.52. The van der Waals surface area contributed by atoms with Crippen molar-refractivity contribution in [2.75, 3.05) is 11.1 Å². The molecule has 0 radical (unpaired) electrons. The van der Waals surface area contributed by atoms with Gasteiger partial charge in [0, 0.05) is 23.2 Å². The molecule has 1 aliphatic heterocycles. The second-order valence-corrected chi connectivity index (χ2v) is 6.91. The molecule has 3 N–H and O–H groups in total. The average Bonchev–Trinajstić information content (AvgIpc) is 3.20. The van der Waals surface area contributed by atoms with Gasteiger partial charge in [0.25, 0.3) is 5.91 Å². The monoisotopic (exact) mass is 364 g/mol. The lowest BCUT2D eigenvalue weighted by molar-refractivity contribution is -0.113. The van der Waals surface area contributed by atoms with Gasteiger partial charge in [-0.15, -0.1) is 11.8 Å². The van der Waals surface area contributed by atoms with Crippen LogP contribution in [-0.2, 0) is 11.3 Å². The third-order valence-corrected chi connectivity index (χ3v) is 5.17. The first kappa shape index (κ1) is 16.4. The first-order valence-corrected chi connectivity index (χ1v) is 9.11. The first-order chi connectivity index (χ1) is 12.7. The van der Waals surface area contributed by atoms with Crippen LogP contribution in [0.4, 0.5) is 5.69 Å². The van der Waals surface area contributed by atoms with E-state index >= 15 is 0 Å². The molecule has 6 nitrogen and oxygen atoms in total. The summed E-state index contributed by atoms with van der Waals surface area (Å²) in [7, 11) is 0. The van der Waals surface area contributed by atoms with E-state index in [0.717, 1.165) is 21.7 Å². The minimum atomic E-state index is -0.171. The van der Waals surface area contributed by atoms with Crippen LogP contribution in [0, 0.1) is 0 Å². The van der Waals surface area contributed by atoms with E-state index in [1.807, 2.05) is 36.4 Å². The maximum atomic E-state index is 12.4. The van der Waals surface area contributed by atoms with Crippen molar-refractivity contribution in [2.24, 2.45) is 0 Å². The topological polar surface area (TPSA) is 86.9 Å². The number of hydrogen-bond acceptors (Lipinski definition) is 4. The molecule has 0 atom stereocenters. The van der Waals surface area contributed by atoms with Gasteiger partial charge in [-0.3, -0.25) is 14.7 Å². The Morgan fingerprint density at radius 2 is 2.00 bits per heavy atom. The van der Waals surface area contributed by atoms with Crippen LogP contribution in [-0.4, -0.2) is 27.8 Å². The zero-order valence-electron chi connectivity index (χ0n) is 13.8. The molecular formula is C19H16N4O2S. The van der Waals surface area contributed by atoms with E-state index in [1.54, 1.807) is 18.3 Å². The Kier molecular flexibility index (Phi) is 4.45. The van der Waals surface area contributed by atoms with Gasteiger partial charge in [-0.25, -0.2) is 0 Å². The summed E-state index contributed by atoms with van der Waals surface area (Å²) in [6.45, 7) is 0.431. The van der Waals surface area contributed by atoms with Gasteiger partial charge in [0.15, 0.2) is 0 Å². The van der Waals surface area contributed by atoms with Crippen molar-refractivity contribution in [2.45, 2.75) is 11.4 Å². The molecule has 1 aliphatic rings. The SMILES string of the molecule is O=C1CSc2ccc(C(=O)NCc3ccc(-c4ccn[nH]4)cc3)cc2N1. The highest BCUT2D eigenvalue weighted by molar-refractivity contribution is 8.00. The van der Waals surface area contributed by atoms with E-state index in [0.29, 0.717) is 23.5 Å². The Labute approximate surface area is 154 Å². The van der Waals surface area contributed by atoms with Crippen LogP contribution in [0.3, 0.4) is 0 Å². The number of benzene rings is 2. The van der Waals surface area contributed by atoms with E-state index in [2.05, 4.69) is 20.8 Å². The Morgan fingerprint density at radius 1 is 1.15 bits per heavy atom. The van der Waals surface area contributed by atoms with Crippen molar-refractivity contribution in [1.82, 2.24) is 15.5 Å². The van der Waals surface area contributed by atoms with Crippen LogP contribution in [0.15, 0.2) is 59.6 Å². The van der Waals surface area contributed by atoms with Crippen LogP contribution in [0.5, 0.6) is 0 Å². The van der Waals surface area contributed by atoms with Gasteiger partial charge in [0.1, 0.15) is 0 Å². The average molecular weight is 364 g/mol. The number of H-pyrrole nitrogens is 1. The molecule has 4 rings (SSSR count). The van der Waals surface area contributed by atoms with Gasteiger partial charge < -0.3 is 10.6 Å². The molecule has 3 aromatic rings. The van der Waals surface area contributed by atoms with Gasteiger partial charge in [-0.1, -0.05) is 24.3 Å². The van der Waals surface area contributed by atoms with E-state index < -0.39 is 0 Å². The molecule has 0 spiro atoms. The van der Waals surface area contributed by atoms with E-state index in [9.17, 15) is 9.59 Å². The number of rotatable bonds is 4. The third-order valence-electron chi connectivity index (χ3n) is 4.09.